The number of piperidine rings is 2. The summed E-state index contributed by atoms with van der Waals surface area (Å²) in [7, 11) is 2.27. The highest BCUT2D eigenvalue weighted by Crippen LogP contribution is 2.35. The van der Waals surface area contributed by atoms with Crippen molar-refractivity contribution in [3.05, 3.63) is 17.0 Å². The van der Waals surface area contributed by atoms with Crippen molar-refractivity contribution in [2.75, 3.05) is 31.6 Å². The first-order valence-corrected chi connectivity index (χ1v) is 8.41. The van der Waals surface area contributed by atoms with E-state index in [0.29, 0.717) is 11.1 Å². The summed E-state index contributed by atoms with van der Waals surface area (Å²) in [6.07, 6.45) is 5.47. The van der Waals surface area contributed by atoms with Gasteiger partial charge in [-0.05, 0) is 44.7 Å². The van der Waals surface area contributed by atoms with E-state index in [1.165, 1.54) is 25.8 Å². The maximum Gasteiger partial charge on any atom is 0.138 e. The number of fused-ring (bicyclic) bond motifs is 1. The molecule has 2 fully saturated rings. The molecule has 0 aliphatic carbocycles. The van der Waals surface area contributed by atoms with Gasteiger partial charge in [-0.25, -0.2) is 9.97 Å². The zero-order valence-corrected chi connectivity index (χ0v) is 14.0. The molecule has 4 nitrogen and oxygen atoms in total. The van der Waals surface area contributed by atoms with Gasteiger partial charge in [0.2, 0.25) is 0 Å². The van der Waals surface area contributed by atoms with Gasteiger partial charge in [0.05, 0.1) is 0 Å². The minimum atomic E-state index is 0.348. The normalized spacial score (nSPS) is 27.0. The Hall–Kier alpha value is -0.870. The summed E-state index contributed by atoms with van der Waals surface area (Å²) in [5.74, 6) is 2.16. The summed E-state index contributed by atoms with van der Waals surface area (Å²) in [5, 5.41) is 0.609. The Balaban J connectivity index is 1.84. The lowest BCUT2D eigenvalue weighted by atomic mass is 9.84. The number of rotatable bonds is 2. The van der Waals surface area contributed by atoms with Gasteiger partial charge in [0.25, 0.3) is 0 Å². The van der Waals surface area contributed by atoms with Crippen LogP contribution in [0.2, 0.25) is 5.15 Å². The molecule has 0 radical (unpaired) electrons. The Morgan fingerprint density at radius 2 is 2.05 bits per heavy atom. The molecule has 116 valence electrons. The van der Waals surface area contributed by atoms with Gasteiger partial charge in [-0.2, -0.15) is 0 Å². The second-order valence-electron chi connectivity index (χ2n) is 6.74. The zero-order valence-electron chi connectivity index (χ0n) is 13.2. The Morgan fingerprint density at radius 3 is 2.81 bits per heavy atom. The van der Waals surface area contributed by atoms with Crippen LogP contribution >= 0.6 is 11.6 Å². The maximum atomic E-state index is 6.32. The van der Waals surface area contributed by atoms with E-state index in [1.54, 1.807) is 6.33 Å². The molecule has 2 atom stereocenters. The number of hydrogen-bond acceptors (Lipinski definition) is 4. The van der Waals surface area contributed by atoms with Gasteiger partial charge in [-0.1, -0.05) is 25.4 Å². The first kappa shape index (κ1) is 15.0. The maximum absolute atomic E-state index is 6.32. The van der Waals surface area contributed by atoms with E-state index < -0.39 is 0 Å². The van der Waals surface area contributed by atoms with Crippen molar-refractivity contribution in [2.45, 2.75) is 45.1 Å². The van der Waals surface area contributed by atoms with Gasteiger partial charge in [-0.3, -0.25) is 0 Å². The Kier molecular flexibility index (Phi) is 4.36. The summed E-state index contributed by atoms with van der Waals surface area (Å²) in [5.41, 5.74) is 1.10. The van der Waals surface area contributed by atoms with Crippen molar-refractivity contribution in [1.82, 2.24) is 14.9 Å². The first-order chi connectivity index (χ1) is 10.1. The topological polar surface area (TPSA) is 32.3 Å². The molecule has 0 bridgehead atoms. The molecule has 0 amide bonds. The van der Waals surface area contributed by atoms with Crippen LogP contribution in [0.3, 0.4) is 0 Å². The molecule has 2 aliphatic heterocycles. The molecular weight excluding hydrogens is 284 g/mol. The average molecular weight is 309 g/mol. The molecule has 21 heavy (non-hydrogen) atoms. The SMILES string of the molecule is CC(C)c1c(Cl)ncnc1N1CCC2C(CCCN2C)C1. The van der Waals surface area contributed by atoms with E-state index in [0.717, 1.165) is 36.4 Å². The molecule has 0 spiro atoms. The summed E-state index contributed by atoms with van der Waals surface area (Å²) in [4.78, 5) is 13.7. The molecule has 0 N–H and O–H groups in total. The predicted octanol–water partition coefficient (Wildman–Crippen LogP) is 3.17. The highest BCUT2D eigenvalue weighted by Gasteiger charge is 2.35. The van der Waals surface area contributed by atoms with Crippen LogP contribution in [0, 0.1) is 5.92 Å². The molecule has 0 saturated carbocycles. The molecule has 0 aromatic carbocycles. The smallest absolute Gasteiger partial charge is 0.138 e. The van der Waals surface area contributed by atoms with Gasteiger partial charge in [0, 0.05) is 24.7 Å². The fraction of sp³-hybridized carbons (Fsp3) is 0.750. The van der Waals surface area contributed by atoms with Crippen molar-refractivity contribution < 1.29 is 0 Å². The summed E-state index contributed by atoms with van der Waals surface area (Å²) in [6, 6.07) is 0.745. The lowest BCUT2D eigenvalue weighted by Gasteiger charge is -2.46. The molecular formula is C16H25ClN4. The molecule has 3 rings (SSSR count). The summed E-state index contributed by atoms with van der Waals surface area (Å²) in [6.45, 7) is 7.74. The highest BCUT2D eigenvalue weighted by atomic mass is 35.5. The average Bonchev–Trinajstić information content (AvgIpc) is 2.46. The fourth-order valence-corrected chi connectivity index (χ4v) is 4.31. The Morgan fingerprint density at radius 1 is 1.24 bits per heavy atom. The zero-order chi connectivity index (χ0) is 15.0. The van der Waals surface area contributed by atoms with Gasteiger partial charge in [0.15, 0.2) is 0 Å². The largest absolute Gasteiger partial charge is 0.356 e. The highest BCUT2D eigenvalue weighted by molar-refractivity contribution is 6.30. The number of aromatic nitrogens is 2. The third kappa shape index (κ3) is 2.88. The molecule has 2 aliphatic rings. The van der Waals surface area contributed by atoms with Crippen molar-refractivity contribution in [2.24, 2.45) is 5.92 Å². The van der Waals surface area contributed by atoms with Crippen LogP contribution in [0.1, 0.15) is 44.6 Å². The minimum Gasteiger partial charge on any atom is -0.356 e. The summed E-state index contributed by atoms with van der Waals surface area (Å²) < 4.78 is 0. The predicted molar refractivity (Wildman–Crippen MR) is 87.1 cm³/mol. The standard InChI is InChI=1S/C16H25ClN4/c1-11(2)14-15(17)18-10-19-16(14)21-8-6-13-12(9-21)5-4-7-20(13)3/h10-13H,4-9H2,1-3H3. The molecule has 1 aromatic rings. The number of hydrogen-bond donors (Lipinski definition) is 0. The van der Waals surface area contributed by atoms with E-state index in [2.05, 4.69) is 40.7 Å². The van der Waals surface area contributed by atoms with E-state index in [-0.39, 0.29) is 0 Å². The van der Waals surface area contributed by atoms with Crippen LogP contribution in [0.15, 0.2) is 6.33 Å². The van der Waals surface area contributed by atoms with Crippen LogP contribution < -0.4 is 4.90 Å². The van der Waals surface area contributed by atoms with Gasteiger partial charge >= 0.3 is 0 Å². The van der Waals surface area contributed by atoms with Crippen molar-refractivity contribution in [3.8, 4) is 0 Å². The molecule has 3 heterocycles. The Labute approximate surface area is 132 Å². The van der Waals surface area contributed by atoms with Crippen molar-refractivity contribution >= 4 is 17.4 Å². The second kappa shape index (κ2) is 6.09. The van der Waals surface area contributed by atoms with E-state index in [9.17, 15) is 0 Å². The third-order valence-electron chi connectivity index (χ3n) is 5.04. The Bertz CT molecular complexity index is 505. The van der Waals surface area contributed by atoms with Crippen molar-refractivity contribution in [3.63, 3.8) is 0 Å². The fourth-order valence-electron chi connectivity index (χ4n) is 3.96. The number of nitrogens with zero attached hydrogens (tertiary/aromatic N) is 4. The summed E-state index contributed by atoms with van der Waals surface area (Å²) >= 11 is 6.32. The number of halogens is 1. The molecule has 2 unspecified atom stereocenters. The van der Waals surface area contributed by atoms with Crippen LogP contribution in [0.4, 0.5) is 5.82 Å². The number of anilines is 1. The van der Waals surface area contributed by atoms with Crippen LogP contribution in [0.25, 0.3) is 0 Å². The van der Waals surface area contributed by atoms with Gasteiger partial charge < -0.3 is 9.80 Å². The lowest BCUT2D eigenvalue weighted by molar-refractivity contribution is 0.102. The first-order valence-electron chi connectivity index (χ1n) is 8.03. The molecule has 2 saturated heterocycles. The quantitative estimate of drug-likeness (QED) is 0.786. The van der Waals surface area contributed by atoms with Gasteiger partial charge in [0.1, 0.15) is 17.3 Å². The van der Waals surface area contributed by atoms with E-state index in [1.807, 2.05) is 0 Å². The monoisotopic (exact) mass is 308 g/mol. The van der Waals surface area contributed by atoms with Gasteiger partial charge in [-0.15, -0.1) is 0 Å². The van der Waals surface area contributed by atoms with Crippen molar-refractivity contribution in [1.29, 1.82) is 0 Å². The second-order valence-corrected chi connectivity index (χ2v) is 7.10. The van der Waals surface area contributed by atoms with Crippen LogP contribution in [-0.4, -0.2) is 47.6 Å². The van der Waals surface area contributed by atoms with E-state index >= 15 is 0 Å². The molecule has 5 heteroatoms. The number of likely N-dealkylation sites (tertiary alicyclic amines) is 1. The lowest BCUT2D eigenvalue weighted by Crippen LogP contribution is -2.53. The minimum absolute atomic E-state index is 0.348. The van der Waals surface area contributed by atoms with Crippen LogP contribution in [0.5, 0.6) is 0 Å². The van der Waals surface area contributed by atoms with Crippen LogP contribution in [-0.2, 0) is 0 Å². The third-order valence-corrected chi connectivity index (χ3v) is 5.34. The van der Waals surface area contributed by atoms with E-state index in [4.69, 9.17) is 11.6 Å². The molecule has 1 aromatic heterocycles.